The predicted molar refractivity (Wildman–Crippen MR) is 71.3 cm³/mol. The Hall–Kier alpha value is -0.610. The number of carbonyl (C=O) groups is 1. The molecule has 2 heterocycles. The van der Waals surface area contributed by atoms with Gasteiger partial charge in [-0.15, -0.1) is 0 Å². The molecule has 4 nitrogen and oxygen atoms in total. The molecule has 0 aromatic rings. The summed E-state index contributed by atoms with van der Waals surface area (Å²) in [6.07, 6.45) is 0. The first-order valence-electron chi connectivity index (χ1n) is 6.90. The third-order valence-corrected chi connectivity index (χ3v) is 3.84. The second kappa shape index (κ2) is 4.49. The lowest BCUT2D eigenvalue weighted by Crippen LogP contribution is -2.60. The van der Waals surface area contributed by atoms with Crippen LogP contribution in [0.15, 0.2) is 0 Å². The van der Waals surface area contributed by atoms with Gasteiger partial charge >= 0.3 is 0 Å². The molecule has 2 saturated heterocycles. The number of nitrogens with zero attached hydrogens (tertiary/aromatic N) is 1. The Balaban J connectivity index is 2.10. The van der Waals surface area contributed by atoms with E-state index in [0.29, 0.717) is 19.0 Å². The van der Waals surface area contributed by atoms with Gasteiger partial charge in [-0.3, -0.25) is 4.79 Å². The average molecular weight is 254 g/mol. The minimum Gasteiger partial charge on any atom is -0.366 e. The molecule has 0 aliphatic carbocycles. The highest BCUT2D eigenvalue weighted by molar-refractivity contribution is 5.80. The van der Waals surface area contributed by atoms with Crippen molar-refractivity contribution < 1.29 is 9.53 Å². The summed E-state index contributed by atoms with van der Waals surface area (Å²) in [5.74, 6) is 0.859. The first-order valence-corrected chi connectivity index (χ1v) is 6.90. The standard InChI is InChI=1S/C14H26N2O2/c1-10-6-15-7-11(10)12(17)16-8-13(2,3)18-14(4,5)9-16/h10-11,15H,6-9H2,1-5H3. The third kappa shape index (κ3) is 2.86. The van der Waals surface area contributed by atoms with E-state index in [-0.39, 0.29) is 23.0 Å². The summed E-state index contributed by atoms with van der Waals surface area (Å²) >= 11 is 0. The number of morpholine rings is 1. The lowest BCUT2D eigenvalue weighted by molar-refractivity contribution is -0.190. The SMILES string of the molecule is CC1CNCC1C(=O)N1CC(C)(C)OC(C)(C)C1. The quantitative estimate of drug-likeness (QED) is 0.766. The van der Waals surface area contributed by atoms with Crippen LogP contribution in [-0.2, 0) is 9.53 Å². The molecule has 0 spiro atoms. The van der Waals surface area contributed by atoms with E-state index >= 15 is 0 Å². The summed E-state index contributed by atoms with van der Waals surface area (Å²) in [7, 11) is 0. The van der Waals surface area contributed by atoms with Crippen LogP contribution < -0.4 is 5.32 Å². The van der Waals surface area contributed by atoms with Gasteiger partial charge in [-0.2, -0.15) is 0 Å². The van der Waals surface area contributed by atoms with Crippen molar-refractivity contribution in [3.05, 3.63) is 0 Å². The molecule has 2 unspecified atom stereocenters. The summed E-state index contributed by atoms with van der Waals surface area (Å²) < 4.78 is 6.02. The van der Waals surface area contributed by atoms with E-state index in [0.717, 1.165) is 13.1 Å². The minimum absolute atomic E-state index is 0.134. The van der Waals surface area contributed by atoms with Gasteiger partial charge in [-0.1, -0.05) is 6.92 Å². The fraction of sp³-hybridized carbons (Fsp3) is 0.929. The molecule has 104 valence electrons. The van der Waals surface area contributed by atoms with Gasteiger partial charge < -0.3 is 15.0 Å². The first-order chi connectivity index (χ1) is 8.20. The monoisotopic (exact) mass is 254 g/mol. The van der Waals surface area contributed by atoms with Crippen LogP contribution in [0.5, 0.6) is 0 Å². The molecule has 0 aromatic heterocycles. The molecular weight excluding hydrogens is 228 g/mol. The third-order valence-electron chi connectivity index (χ3n) is 3.84. The van der Waals surface area contributed by atoms with Crippen LogP contribution in [0.4, 0.5) is 0 Å². The number of carbonyl (C=O) groups excluding carboxylic acids is 1. The van der Waals surface area contributed by atoms with Crippen LogP contribution in [-0.4, -0.2) is 48.2 Å². The minimum atomic E-state index is -0.257. The van der Waals surface area contributed by atoms with Crippen molar-refractivity contribution in [2.75, 3.05) is 26.2 Å². The molecule has 2 atom stereocenters. The number of hydrogen-bond acceptors (Lipinski definition) is 3. The lowest BCUT2D eigenvalue weighted by atomic mass is 9.93. The molecule has 0 radical (unpaired) electrons. The molecule has 0 aromatic carbocycles. The van der Waals surface area contributed by atoms with Gasteiger partial charge in [-0.05, 0) is 40.2 Å². The second-order valence-electron chi connectivity index (χ2n) is 7.06. The number of rotatable bonds is 1. The van der Waals surface area contributed by atoms with Gasteiger partial charge in [0.15, 0.2) is 0 Å². The van der Waals surface area contributed by atoms with Gasteiger partial charge in [0.1, 0.15) is 0 Å². The van der Waals surface area contributed by atoms with E-state index < -0.39 is 0 Å². The van der Waals surface area contributed by atoms with E-state index in [2.05, 4.69) is 39.9 Å². The Bertz CT molecular complexity index is 323. The zero-order valence-corrected chi connectivity index (χ0v) is 12.2. The Morgan fingerprint density at radius 1 is 1.17 bits per heavy atom. The Morgan fingerprint density at radius 2 is 1.72 bits per heavy atom. The Labute approximate surface area is 110 Å². The summed E-state index contributed by atoms with van der Waals surface area (Å²) in [4.78, 5) is 14.6. The summed E-state index contributed by atoms with van der Waals surface area (Å²) in [6, 6.07) is 0. The van der Waals surface area contributed by atoms with Crippen molar-refractivity contribution in [1.29, 1.82) is 0 Å². The van der Waals surface area contributed by atoms with Crippen molar-refractivity contribution in [3.8, 4) is 0 Å². The van der Waals surface area contributed by atoms with Gasteiger partial charge in [0.25, 0.3) is 0 Å². The van der Waals surface area contributed by atoms with Crippen molar-refractivity contribution in [2.24, 2.45) is 11.8 Å². The molecule has 1 amide bonds. The first kappa shape index (κ1) is 13.8. The van der Waals surface area contributed by atoms with Gasteiger partial charge in [0, 0.05) is 19.6 Å². The average Bonchev–Trinajstić information content (AvgIpc) is 2.58. The topological polar surface area (TPSA) is 41.6 Å². The van der Waals surface area contributed by atoms with Crippen LogP contribution in [0, 0.1) is 11.8 Å². The molecule has 2 aliphatic rings. The second-order valence-corrected chi connectivity index (χ2v) is 7.06. The molecule has 0 bridgehead atoms. The maximum Gasteiger partial charge on any atom is 0.227 e. The summed E-state index contributed by atoms with van der Waals surface area (Å²) in [5, 5.41) is 3.30. The van der Waals surface area contributed by atoms with E-state index in [1.807, 2.05) is 4.90 Å². The zero-order valence-electron chi connectivity index (χ0n) is 12.2. The molecule has 2 fully saturated rings. The predicted octanol–water partition coefficient (Wildman–Crippen LogP) is 1.26. The highest BCUT2D eigenvalue weighted by Gasteiger charge is 2.42. The number of hydrogen-bond donors (Lipinski definition) is 1. The van der Waals surface area contributed by atoms with Crippen LogP contribution in [0.3, 0.4) is 0 Å². The van der Waals surface area contributed by atoms with Gasteiger partial charge in [-0.25, -0.2) is 0 Å². The maximum absolute atomic E-state index is 12.6. The normalized spacial score (nSPS) is 34.6. The maximum atomic E-state index is 12.6. The number of amides is 1. The molecule has 18 heavy (non-hydrogen) atoms. The fourth-order valence-electron chi connectivity index (χ4n) is 3.32. The largest absolute Gasteiger partial charge is 0.366 e. The van der Waals surface area contributed by atoms with Crippen LogP contribution in [0.2, 0.25) is 0 Å². The smallest absolute Gasteiger partial charge is 0.227 e. The number of nitrogens with one attached hydrogen (secondary N) is 1. The Morgan fingerprint density at radius 3 is 2.17 bits per heavy atom. The summed E-state index contributed by atoms with van der Waals surface area (Å²) in [5.41, 5.74) is -0.515. The van der Waals surface area contributed by atoms with Crippen LogP contribution in [0.25, 0.3) is 0 Å². The van der Waals surface area contributed by atoms with E-state index in [4.69, 9.17) is 4.74 Å². The van der Waals surface area contributed by atoms with E-state index in [1.54, 1.807) is 0 Å². The molecular formula is C14H26N2O2. The van der Waals surface area contributed by atoms with Crippen LogP contribution in [0.1, 0.15) is 34.6 Å². The van der Waals surface area contributed by atoms with Gasteiger partial charge in [0.2, 0.25) is 5.91 Å². The summed E-state index contributed by atoms with van der Waals surface area (Å²) in [6.45, 7) is 13.5. The highest BCUT2D eigenvalue weighted by Crippen LogP contribution is 2.30. The zero-order chi connectivity index (χ0) is 13.6. The molecule has 1 N–H and O–H groups in total. The van der Waals surface area contributed by atoms with Gasteiger partial charge in [0.05, 0.1) is 17.1 Å². The molecule has 0 saturated carbocycles. The van der Waals surface area contributed by atoms with Crippen molar-refractivity contribution >= 4 is 5.91 Å². The van der Waals surface area contributed by atoms with Crippen molar-refractivity contribution in [1.82, 2.24) is 10.2 Å². The molecule has 2 rings (SSSR count). The highest BCUT2D eigenvalue weighted by atomic mass is 16.5. The van der Waals surface area contributed by atoms with E-state index in [1.165, 1.54) is 0 Å². The molecule has 2 aliphatic heterocycles. The van der Waals surface area contributed by atoms with Crippen molar-refractivity contribution in [2.45, 2.75) is 45.8 Å². The number of ether oxygens (including phenoxy) is 1. The Kier molecular flexibility index (Phi) is 3.45. The lowest BCUT2D eigenvalue weighted by Gasteiger charge is -2.47. The fourth-order valence-corrected chi connectivity index (χ4v) is 3.32. The van der Waals surface area contributed by atoms with Crippen molar-refractivity contribution in [3.63, 3.8) is 0 Å². The van der Waals surface area contributed by atoms with E-state index in [9.17, 15) is 4.79 Å². The molecule has 4 heteroatoms. The van der Waals surface area contributed by atoms with Crippen LogP contribution >= 0.6 is 0 Å².